The predicted octanol–water partition coefficient (Wildman–Crippen LogP) is 1.94. The molecule has 0 aromatic heterocycles. The molecule has 1 heteroatoms. The van der Waals surface area contributed by atoms with E-state index < -0.39 is 0 Å². The van der Waals surface area contributed by atoms with Crippen molar-refractivity contribution in [2.45, 2.75) is 31.5 Å². The van der Waals surface area contributed by atoms with E-state index in [0.717, 1.165) is 19.3 Å². The lowest BCUT2D eigenvalue weighted by atomic mass is 10.1. The number of hydrogen-bond donors (Lipinski definition) is 0. The average molecular weight is 125 g/mol. The summed E-state index contributed by atoms with van der Waals surface area (Å²) < 4.78 is 5.42. The van der Waals surface area contributed by atoms with Crippen molar-refractivity contribution in [3.8, 4) is 0 Å². The summed E-state index contributed by atoms with van der Waals surface area (Å²) in [5.41, 5.74) is 0. The molecule has 0 aromatic carbocycles. The summed E-state index contributed by atoms with van der Waals surface area (Å²) >= 11 is 0. The normalized spacial score (nSPS) is 34.8. The fourth-order valence-electron chi connectivity index (χ4n) is 1.14. The first-order valence-electron chi connectivity index (χ1n) is 3.42. The quantitative estimate of drug-likeness (QED) is 0.405. The summed E-state index contributed by atoms with van der Waals surface area (Å²) in [7, 11) is 0. The lowest BCUT2D eigenvalue weighted by molar-refractivity contribution is 0.0719. The van der Waals surface area contributed by atoms with Crippen molar-refractivity contribution in [3.63, 3.8) is 0 Å². The Hall–Kier alpha value is -0.300. The molecule has 2 unspecified atom stereocenters. The van der Waals surface area contributed by atoms with Gasteiger partial charge in [0.15, 0.2) is 0 Å². The Kier molecular flexibility index (Phi) is 2.29. The van der Waals surface area contributed by atoms with E-state index in [9.17, 15) is 0 Å². The van der Waals surface area contributed by atoms with Gasteiger partial charge in [0.2, 0.25) is 0 Å². The maximum atomic E-state index is 5.42. The number of hydrogen-bond acceptors (Lipinski definition) is 1. The molecule has 0 bridgehead atoms. The van der Waals surface area contributed by atoms with Crippen LogP contribution in [0.25, 0.3) is 0 Å². The predicted molar refractivity (Wildman–Crippen MR) is 38.1 cm³/mol. The highest BCUT2D eigenvalue weighted by Gasteiger charge is 2.15. The van der Waals surface area contributed by atoms with Gasteiger partial charge in [-0.2, -0.15) is 0 Å². The Morgan fingerprint density at radius 3 is 2.89 bits per heavy atom. The van der Waals surface area contributed by atoms with Crippen molar-refractivity contribution < 1.29 is 4.74 Å². The van der Waals surface area contributed by atoms with Gasteiger partial charge < -0.3 is 11.7 Å². The topological polar surface area (TPSA) is 9.23 Å². The second kappa shape index (κ2) is 3.02. The molecule has 0 spiro atoms. The molecule has 2 atom stereocenters. The van der Waals surface area contributed by atoms with Gasteiger partial charge in [-0.15, -0.1) is 6.58 Å². The zero-order valence-electron chi connectivity index (χ0n) is 5.68. The summed E-state index contributed by atoms with van der Waals surface area (Å²) in [4.78, 5) is 0. The van der Waals surface area contributed by atoms with E-state index in [1.165, 1.54) is 0 Å². The van der Waals surface area contributed by atoms with Crippen LogP contribution in [0.5, 0.6) is 0 Å². The highest BCUT2D eigenvalue weighted by molar-refractivity contribution is 4.80. The molecular formula is C8H13O-. The van der Waals surface area contributed by atoms with Gasteiger partial charge in [0.1, 0.15) is 0 Å². The van der Waals surface area contributed by atoms with Crippen LogP contribution < -0.4 is 0 Å². The van der Waals surface area contributed by atoms with E-state index in [-0.39, 0.29) is 6.10 Å². The van der Waals surface area contributed by atoms with Gasteiger partial charge in [0.05, 0.1) is 6.10 Å². The highest BCUT2D eigenvalue weighted by Crippen LogP contribution is 2.20. The minimum Gasteiger partial charge on any atom is -0.407 e. The third-order valence-electron chi connectivity index (χ3n) is 1.63. The Labute approximate surface area is 56.7 Å². The fourth-order valence-corrected chi connectivity index (χ4v) is 1.14. The van der Waals surface area contributed by atoms with Crippen molar-refractivity contribution in [1.29, 1.82) is 0 Å². The zero-order valence-corrected chi connectivity index (χ0v) is 5.68. The third kappa shape index (κ3) is 1.83. The molecule has 0 N–H and O–H groups in total. The van der Waals surface area contributed by atoms with Crippen LogP contribution in [-0.4, -0.2) is 12.2 Å². The van der Waals surface area contributed by atoms with E-state index >= 15 is 0 Å². The van der Waals surface area contributed by atoms with Gasteiger partial charge in [-0.05, 0) is 12.8 Å². The third-order valence-corrected chi connectivity index (χ3v) is 1.63. The monoisotopic (exact) mass is 125 g/mol. The Morgan fingerprint density at radius 1 is 1.67 bits per heavy atom. The Balaban J connectivity index is 2.21. The first-order valence-corrected chi connectivity index (χ1v) is 3.42. The molecule has 0 aliphatic carbocycles. The number of rotatable bonds is 2. The van der Waals surface area contributed by atoms with Crippen LogP contribution in [0.1, 0.15) is 19.3 Å². The maximum Gasteiger partial charge on any atom is 0.0577 e. The minimum absolute atomic E-state index is 0.231. The van der Waals surface area contributed by atoms with E-state index in [1.54, 1.807) is 0 Å². The van der Waals surface area contributed by atoms with Gasteiger partial charge in [-0.25, -0.2) is 0 Å². The van der Waals surface area contributed by atoms with Crippen molar-refractivity contribution in [2.24, 2.45) is 0 Å². The summed E-state index contributed by atoms with van der Waals surface area (Å²) in [6.07, 6.45) is 5.79. The van der Waals surface area contributed by atoms with Crippen molar-refractivity contribution in [1.82, 2.24) is 0 Å². The van der Waals surface area contributed by atoms with E-state index in [0.29, 0.717) is 6.10 Å². The minimum atomic E-state index is 0.231. The summed E-state index contributed by atoms with van der Waals surface area (Å²) in [5, 5.41) is 0. The first-order chi connectivity index (χ1) is 4.33. The van der Waals surface area contributed by atoms with Gasteiger partial charge in [-0.1, -0.05) is 18.6 Å². The molecule has 1 heterocycles. The van der Waals surface area contributed by atoms with Gasteiger partial charge >= 0.3 is 0 Å². The van der Waals surface area contributed by atoms with Crippen molar-refractivity contribution >= 4 is 0 Å². The molecular weight excluding hydrogens is 112 g/mol. The van der Waals surface area contributed by atoms with Crippen LogP contribution in [-0.2, 0) is 4.74 Å². The molecule has 0 amide bonds. The van der Waals surface area contributed by atoms with Crippen LogP contribution in [0.3, 0.4) is 0 Å². The van der Waals surface area contributed by atoms with Gasteiger partial charge in [0, 0.05) is 0 Å². The van der Waals surface area contributed by atoms with Crippen LogP contribution >= 0.6 is 0 Å². The smallest absolute Gasteiger partial charge is 0.0577 e. The molecule has 1 saturated heterocycles. The summed E-state index contributed by atoms with van der Waals surface area (Å²) in [5.74, 6) is 0. The standard InChI is InChI=1S/C8H13O/c1-3-4-8-6-5-7(2)9-8/h3,7-8H,1-2,4-6H2/q-1. The number of ether oxygens (including phenoxy) is 1. The van der Waals surface area contributed by atoms with Gasteiger partial charge in [0.25, 0.3) is 0 Å². The van der Waals surface area contributed by atoms with Gasteiger partial charge in [-0.3, -0.25) is 0 Å². The van der Waals surface area contributed by atoms with Crippen LogP contribution in [0.15, 0.2) is 12.7 Å². The zero-order chi connectivity index (χ0) is 6.69. The largest absolute Gasteiger partial charge is 0.407 e. The highest BCUT2D eigenvalue weighted by atomic mass is 16.5. The lowest BCUT2D eigenvalue weighted by Gasteiger charge is -2.11. The molecule has 52 valence electrons. The summed E-state index contributed by atoms with van der Waals surface area (Å²) in [6, 6.07) is 0. The second-order valence-corrected chi connectivity index (χ2v) is 2.48. The molecule has 9 heavy (non-hydrogen) atoms. The molecule has 1 aliphatic rings. The van der Waals surface area contributed by atoms with Crippen LogP contribution in [0, 0.1) is 6.92 Å². The molecule has 1 rings (SSSR count). The summed E-state index contributed by atoms with van der Waals surface area (Å²) in [6.45, 7) is 7.46. The van der Waals surface area contributed by atoms with E-state index in [4.69, 9.17) is 4.74 Å². The maximum absolute atomic E-state index is 5.42. The lowest BCUT2D eigenvalue weighted by Crippen LogP contribution is -2.06. The first kappa shape index (κ1) is 6.81. The Morgan fingerprint density at radius 2 is 2.44 bits per heavy atom. The van der Waals surface area contributed by atoms with Crippen molar-refractivity contribution in [3.05, 3.63) is 19.6 Å². The molecule has 0 radical (unpaired) electrons. The van der Waals surface area contributed by atoms with E-state index in [1.807, 2.05) is 6.08 Å². The molecule has 1 aliphatic heterocycles. The fraction of sp³-hybridized carbons (Fsp3) is 0.625. The molecule has 0 saturated carbocycles. The average Bonchev–Trinajstić information content (AvgIpc) is 2.17. The second-order valence-electron chi connectivity index (χ2n) is 2.48. The van der Waals surface area contributed by atoms with Crippen molar-refractivity contribution in [2.75, 3.05) is 0 Å². The molecule has 1 nitrogen and oxygen atoms in total. The molecule has 1 fully saturated rings. The molecule has 0 aromatic rings. The Bertz CT molecular complexity index is 98.7. The van der Waals surface area contributed by atoms with Crippen LogP contribution in [0.4, 0.5) is 0 Å². The van der Waals surface area contributed by atoms with Crippen LogP contribution in [0.2, 0.25) is 0 Å². The SMILES string of the molecule is C=CCC1CCC([CH2-])O1. The van der Waals surface area contributed by atoms with E-state index in [2.05, 4.69) is 13.5 Å².